The monoisotopic (exact) mass is 226 g/mol. The molecule has 16 heavy (non-hydrogen) atoms. The van der Waals surface area contributed by atoms with Gasteiger partial charge >= 0.3 is 5.97 Å². The molecule has 0 saturated carbocycles. The summed E-state index contributed by atoms with van der Waals surface area (Å²) in [7, 11) is 0. The summed E-state index contributed by atoms with van der Waals surface area (Å²) in [6.45, 7) is -0.651. The fourth-order valence-corrected chi connectivity index (χ4v) is 1.13. The number of benzene rings is 1. The van der Waals surface area contributed by atoms with Crippen LogP contribution in [-0.4, -0.2) is 33.8 Å². The molecule has 0 bridgehead atoms. The van der Waals surface area contributed by atoms with Gasteiger partial charge in [0.25, 0.3) is 5.69 Å². The third kappa shape index (κ3) is 2.67. The Balaban J connectivity index is 2.95. The third-order valence-electron chi connectivity index (χ3n) is 1.91. The molecule has 0 aliphatic carbocycles. The maximum Gasteiger partial charge on any atom is 0.328 e. The number of nitrogens with zero attached hydrogens (tertiary/aromatic N) is 1. The molecule has 7 heteroatoms. The largest absolute Gasteiger partial charge is 0.480 e. The Morgan fingerprint density at radius 3 is 2.62 bits per heavy atom. The van der Waals surface area contributed by atoms with Crippen molar-refractivity contribution in [3.05, 3.63) is 34.4 Å². The van der Waals surface area contributed by atoms with Gasteiger partial charge in [-0.15, -0.1) is 0 Å². The van der Waals surface area contributed by atoms with E-state index in [2.05, 4.69) is 5.32 Å². The van der Waals surface area contributed by atoms with Crippen molar-refractivity contribution in [3.8, 4) is 0 Å². The Morgan fingerprint density at radius 2 is 2.12 bits per heavy atom. The highest BCUT2D eigenvalue weighted by Crippen LogP contribution is 2.23. The maximum absolute atomic E-state index is 10.6. The Kier molecular flexibility index (Phi) is 3.78. The number of nitro groups is 1. The lowest BCUT2D eigenvalue weighted by Crippen LogP contribution is -2.32. The fourth-order valence-electron chi connectivity index (χ4n) is 1.13. The van der Waals surface area contributed by atoms with Crippen LogP contribution in [0.3, 0.4) is 0 Å². The number of carboxylic acid groups (broad SMARTS) is 1. The van der Waals surface area contributed by atoms with Gasteiger partial charge in [-0.25, -0.2) is 4.79 Å². The molecule has 0 amide bonds. The fraction of sp³-hybridized carbons (Fsp3) is 0.222. The van der Waals surface area contributed by atoms with Crippen LogP contribution in [0.1, 0.15) is 0 Å². The second-order valence-corrected chi connectivity index (χ2v) is 2.99. The minimum absolute atomic E-state index is 0.0638. The molecule has 0 aromatic heterocycles. The van der Waals surface area contributed by atoms with E-state index < -0.39 is 23.5 Å². The van der Waals surface area contributed by atoms with E-state index in [9.17, 15) is 14.9 Å². The number of carboxylic acids is 1. The van der Waals surface area contributed by atoms with Gasteiger partial charge in [0.05, 0.1) is 11.5 Å². The number of aliphatic hydroxyl groups excluding tert-OH is 1. The van der Waals surface area contributed by atoms with Crippen molar-refractivity contribution in [2.24, 2.45) is 0 Å². The molecule has 0 fully saturated rings. The Labute approximate surface area is 90.5 Å². The Bertz CT molecular complexity index is 407. The van der Waals surface area contributed by atoms with Crippen LogP contribution in [-0.2, 0) is 4.79 Å². The van der Waals surface area contributed by atoms with Gasteiger partial charge in [0.2, 0.25) is 0 Å². The normalized spacial score (nSPS) is 11.8. The van der Waals surface area contributed by atoms with Crippen LogP contribution in [0.15, 0.2) is 24.3 Å². The lowest BCUT2D eigenvalue weighted by molar-refractivity contribution is -0.384. The lowest BCUT2D eigenvalue weighted by atomic mass is 10.2. The number of hydrogen-bond acceptors (Lipinski definition) is 5. The Morgan fingerprint density at radius 1 is 1.50 bits per heavy atom. The first-order valence-corrected chi connectivity index (χ1v) is 4.40. The summed E-state index contributed by atoms with van der Waals surface area (Å²) in [5.41, 5.74) is -0.170. The van der Waals surface area contributed by atoms with Crippen LogP contribution in [0.4, 0.5) is 11.4 Å². The van der Waals surface area contributed by atoms with Crippen LogP contribution in [0.5, 0.6) is 0 Å². The molecule has 0 aliphatic rings. The van der Waals surface area contributed by atoms with Crippen molar-refractivity contribution in [3.63, 3.8) is 0 Å². The average molecular weight is 226 g/mol. The summed E-state index contributed by atoms with van der Waals surface area (Å²) in [5, 5.41) is 30.4. The van der Waals surface area contributed by atoms with Crippen LogP contribution < -0.4 is 5.32 Å². The molecule has 86 valence electrons. The third-order valence-corrected chi connectivity index (χ3v) is 1.91. The number of rotatable bonds is 5. The summed E-state index contributed by atoms with van der Waals surface area (Å²) in [6, 6.07) is 4.37. The first-order valence-electron chi connectivity index (χ1n) is 4.40. The summed E-state index contributed by atoms with van der Waals surface area (Å²) >= 11 is 0. The minimum atomic E-state index is -1.28. The van der Waals surface area contributed by atoms with Crippen molar-refractivity contribution >= 4 is 17.3 Å². The van der Waals surface area contributed by atoms with E-state index in [4.69, 9.17) is 10.2 Å². The second-order valence-electron chi connectivity index (χ2n) is 2.99. The van der Waals surface area contributed by atoms with Gasteiger partial charge < -0.3 is 15.5 Å². The molecule has 1 atom stereocenters. The highest BCUT2D eigenvalue weighted by molar-refractivity contribution is 5.79. The number of anilines is 1. The number of nitrogens with one attached hydrogen (secondary N) is 1. The van der Waals surface area contributed by atoms with Crippen LogP contribution in [0, 0.1) is 10.1 Å². The van der Waals surface area contributed by atoms with Crippen molar-refractivity contribution in [1.29, 1.82) is 0 Å². The molecule has 1 aromatic rings. The van der Waals surface area contributed by atoms with Gasteiger partial charge in [0, 0.05) is 6.07 Å². The van der Waals surface area contributed by atoms with E-state index in [0.717, 1.165) is 0 Å². The predicted molar refractivity (Wildman–Crippen MR) is 55.2 cm³/mol. The van der Waals surface area contributed by atoms with Crippen molar-refractivity contribution in [2.45, 2.75) is 6.04 Å². The SMILES string of the molecule is O=C(O)[C@@H](CO)Nc1ccccc1[N+](=O)[O-]. The summed E-state index contributed by atoms with van der Waals surface area (Å²) in [6.07, 6.45) is 0. The number of nitro benzene ring substituents is 1. The number of carbonyl (C=O) groups is 1. The molecule has 0 radical (unpaired) electrons. The molecule has 1 rings (SSSR count). The van der Waals surface area contributed by atoms with Gasteiger partial charge in [0.15, 0.2) is 0 Å². The van der Waals surface area contributed by atoms with E-state index in [1.807, 2.05) is 0 Å². The summed E-state index contributed by atoms with van der Waals surface area (Å²) in [4.78, 5) is 20.6. The average Bonchev–Trinajstić information content (AvgIpc) is 2.25. The highest BCUT2D eigenvalue weighted by Gasteiger charge is 2.20. The molecule has 0 unspecified atom stereocenters. The van der Waals surface area contributed by atoms with Gasteiger partial charge in [-0.1, -0.05) is 12.1 Å². The molecule has 0 aliphatic heterocycles. The van der Waals surface area contributed by atoms with E-state index >= 15 is 0 Å². The van der Waals surface area contributed by atoms with Crippen LogP contribution in [0.2, 0.25) is 0 Å². The quantitative estimate of drug-likeness (QED) is 0.496. The van der Waals surface area contributed by atoms with E-state index in [1.165, 1.54) is 24.3 Å². The van der Waals surface area contributed by atoms with Gasteiger partial charge in [-0.3, -0.25) is 10.1 Å². The van der Waals surface area contributed by atoms with Gasteiger partial charge in [-0.2, -0.15) is 0 Å². The zero-order valence-corrected chi connectivity index (χ0v) is 8.16. The first kappa shape index (κ1) is 11.9. The zero-order chi connectivity index (χ0) is 12.1. The van der Waals surface area contributed by atoms with Crippen LogP contribution in [0.25, 0.3) is 0 Å². The molecule has 0 heterocycles. The number of hydrogen-bond donors (Lipinski definition) is 3. The van der Waals surface area contributed by atoms with Crippen LogP contribution >= 0.6 is 0 Å². The van der Waals surface area contributed by atoms with E-state index in [1.54, 1.807) is 0 Å². The molecular formula is C9H10N2O5. The lowest BCUT2D eigenvalue weighted by Gasteiger charge is -2.12. The second kappa shape index (κ2) is 5.08. The molecule has 1 aromatic carbocycles. The smallest absolute Gasteiger partial charge is 0.328 e. The highest BCUT2D eigenvalue weighted by atomic mass is 16.6. The van der Waals surface area contributed by atoms with Crippen molar-refractivity contribution < 1.29 is 19.9 Å². The van der Waals surface area contributed by atoms with Gasteiger partial charge in [-0.05, 0) is 6.07 Å². The van der Waals surface area contributed by atoms with Crippen molar-refractivity contribution in [2.75, 3.05) is 11.9 Å². The number of aliphatic carboxylic acids is 1. The molecule has 3 N–H and O–H groups in total. The Hall–Kier alpha value is -2.15. The molecule has 7 nitrogen and oxygen atoms in total. The predicted octanol–water partition coefficient (Wildman–Crippen LogP) is 0.452. The zero-order valence-electron chi connectivity index (χ0n) is 8.16. The van der Waals surface area contributed by atoms with E-state index in [-0.39, 0.29) is 11.4 Å². The topological polar surface area (TPSA) is 113 Å². The standard InChI is InChI=1S/C9H10N2O5/c12-5-7(9(13)14)10-6-3-1-2-4-8(6)11(15)16/h1-4,7,10,12H,5H2,(H,13,14)/t7-/m1/s1. The number of aliphatic hydroxyl groups is 1. The molecular weight excluding hydrogens is 216 g/mol. The molecule has 0 saturated heterocycles. The number of para-hydroxylation sites is 2. The van der Waals surface area contributed by atoms with E-state index in [0.29, 0.717) is 0 Å². The first-order chi connectivity index (χ1) is 7.56. The van der Waals surface area contributed by atoms with Crippen molar-refractivity contribution in [1.82, 2.24) is 0 Å². The van der Waals surface area contributed by atoms with Gasteiger partial charge in [0.1, 0.15) is 11.7 Å². The minimum Gasteiger partial charge on any atom is -0.480 e. The molecule has 0 spiro atoms. The maximum atomic E-state index is 10.6. The summed E-state index contributed by atoms with van der Waals surface area (Å²) < 4.78 is 0. The summed E-state index contributed by atoms with van der Waals surface area (Å²) in [5.74, 6) is -1.28.